The Bertz CT molecular complexity index is 366. The maximum atomic E-state index is 10.4. The first-order chi connectivity index (χ1) is 8.04. The molecule has 94 valence electrons. The van der Waals surface area contributed by atoms with Gasteiger partial charge in [-0.3, -0.25) is 10.1 Å². The van der Waals surface area contributed by atoms with E-state index in [0.717, 1.165) is 0 Å². The van der Waals surface area contributed by atoms with Crippen LogP contribution in [-0.2, 0) is 0 Å². The van der Waals surface area contributed by atoms with Crippen LogP contribution in [0.15, 0.2) is 24.3 Å². The topological polar surface area (TPSA) is 95.6 Å². The summed E-state index contributed by atoms with van der Waals surface area (Å²) in [6, 6.07) is 5.66. The molecule has 3 N–H and O–H groups in total. The number of nitro benzene ring substituents is 1. The maximum absolute atomic E-state index is 10.4. The van der Waals surface area contributed by atoms with Gasteiger partial charge in [-0.1, -0.05) is 0 Å². The highest BCUT2D eigenvalue weighted by atomic mass is 16.6. The first-order valence-electron chi connectivity index (χ1n) is 5.31. The molecule has 6 heteroatoms. The van der Waals surface area contributed by atoms with E-state index in [-0.39, 0.29) is 18.3 Å². The lowest BCUT2D eigenvalue weighted by molar-refractivity contribution is -0.384. The Morgan fingerprint density at radius 1 is 1.41 bits per heavy atom. The summed E-state index contributed by atoms with van der Waals surface area (Å²) < 4.78 is 0. The third-order valence-corrected chi connectivity index (χ3v) is 2.42. The Labute approximate surface area is 99.0 Å². The smallest absolute Gasteiger partial charge is 0.269 e. The van der Waals surface area contributed by atoms with Gasteiger partial charge in [0.25, 0.3) is 5.69 Å². The number of nitrogens with zero attached hydrogens (tertiary/aromatic N) is 1. The summed E-state index contributed by atoms with van der Waals surface area (Å²) in [6.07, 6.45) is -0.746. The van der Waals surface area contributed by atoms with Crippen molar-refractivity contribution in [3.05, 3.63) is 39.9 Å². The van der Waals surface area contributed by atoms with E-state index in [0.29, 0.717) is 12.1 Å². The van der Waals surface area contributed by atoms with Crippen LogP contribution < -0.4 is 5.32 Å². The molecular weight excluding hydrogens is 224 g/mol. The molecule has 0 aliphatic carbocycles. The zero-order valence-corrected chi connectivity index (χ0v) is 9.54. The summed E-state index contributed by atoms with van der Waals surface area (Å²) >= 11 is 0. The molecule has 1 aromatic rings. The van der Waals surface area contributed by atoms with Crippen LogP contribution in [0, 0.1) is 10.1 Å². The molecule has 0 heterocycles. The van der Waals surface area contributed by atoms with E-state index in [1.807, 2.05) is 0 Å². The number of rotatable bonds is 6. The van der Waals surface area contributed by atoms with E-state index < -0.39 is 11.0 Å². The van der Waals surface area contributed by atoms with E-state index in [9.17, 15) is 15.2 Å². The zero-order valence-electron chi connectivity index (χ0n) is 9.54. The average Bonchev–Trinajstić information content (AvgIpc) is 2.35. The fraction of sp³-hybridized carbons (Fsp3) is 0.455. The van der Waals surface area contributed by atoms with Gasteiger partial charge in [-0.15, -0.1) is 0 Å². The third-order valence-electron chi connectivity index (χ3n) is 2.42. The molecule has 0 saturated carbocycles. The van der Waals surface area contributed by atoms with Crippen LogP contribution in [0.1, 0.15) is 18.6 Å². The molecule has 0 aliphatic rings. The fourth-order valence-corrected chi connectivity index (χ4v) is 1.31. The summed E-state index contributed by atoms with van der Waals surface area (Å²) in [7, 11) is 0. The Morgan fingerprint density at radius 2 is 2.00 bits per heavy atom. The van der Waals surface area contributed by atoms with Crippen molar-refractivity contribution in [1.82, 2.24) is 5.32 Å². The third kappa shape index (κ3) is 4.10. The van der Waals surface area contributed by atoms with Gasteiger partial charge in [-0.05, 0) is 24.6 Å². The number of hydrogen-bond acceptors (Lipinski definition) is 5. The minimum Gasteiger partial charge on any atom is -0.395 e. The van der Waals surface area contributed by atoms with Crippen LogP contribution in [0.4, 0.5) is 5.69 Å². The second kappa shape index (κ2) is 6.29. The Balaban J connectivity index is 2.57. The molecule has 1 aromatic carbocycles. The first-order valence-corrected chi connectivity index (χ1v) is 5.31. The summed E-state index contributed by atoms with van der Waals surface area (Å²) in [5, 5.41) is 31.9. The Morgan fingerprint density at radius 3 is 2.47 bits per heavy atom. The number of non-ortho nitro benzene ring substituents is 1. The van der Waals surface area contributed by atoms with Crippen molar-refractivity contribution in [1.29, 1.82) is 0 Å². The minimum atomic E-state index is -0.746. The maximum Gasteiger partial charge on any atom is 0.269 e. The van der Waals surface area contributed by atoms with E-state index in [4.69, 9.17) is 5.11 Å². The number of aliphatic hydroxyl groups excluding tert-OH is 2. The van der Waals surface area contributed by atoms with Crippen LogP contribution in [0.2, 0.25) is 0 Å². The summed E-state index contributed by atoms with van der Waals surface area (Å²) in [5.74, 6) is 0. The minimum absolute atomic E-state index is 0.00219. The van der Waals surface area contributed by atoms with Gasteiger partial charge in [0, 0.05) is 24.7 Å². The molecule has 0 spiro atoms. The van der Waals surface area contributed by atoms with Gasteiger partial charge in [0.05, 0.1) is 17.6 Å². The monoisotopic (exact) mass is 240 g/mol. The zero-order chi connectivity index (χ0) is 12.8. The molecular formula is C11H16N2O4. The quantitative estimate of drug-likeness (QED) is 0.500. The number of benzene rings is 1. The summed E-state index contributed by atoms with van der Waals surface area (Å²) in [6.45, 7) is 2.08. The van der Waals surface area contributed by atoms with E-state index >= 15 is 0 Å². The predicted octanol–water partition coefficient (Wildman–Crippen LogP) is 0.599. The van der Waals surface area contributed by atoms with E-state index in [1.165, 1.54) is 24.3 Å². The van der Waals surface area contributed by atoms with Crippen molar-refractivity contribution in [2.24, 2.45) is 0 Å². The van der Waals surface area contributed by atoms with Crippen LogP contribution in [0.3, 0.4) is 0 Å². The largest absolute Gasteiger partial charge is 0.395 e. The molecule has 0 aromatic heterocycles. The van der Waals surface area contributed by atoms with Crippen molar-refractivity contribution < 1.29 is 15.1 Å². The molecule has 0 fully saturated rings. The van der Waals surface area contributed by atoms with Crippen molar-refractivity contribution in [2.75, 3.05) is 13.2 Å². The number of hydrogen-bond donors (Lipinski definition) is 3. The van der Waals surface area contributed by atoms with Crippen molar-refractivity contribution >= 4 is 5.69 Å². The molecule has 6 nitrogen and oxygen atoms in total. The first kappa shape index (κ1) is 13.6. The highest BCUT2D eigenvalue weighted by molar-refractivity contribution is 5.33. The molecule has 0 saturated heterocycles. The van der Waals surface area contributed by atoms with E-state index in [2.05, 4.69) is 5.32 Å². The number of aliphatic hydroxyl groups is 2. The number of nitro groups is 1. The molecule has 2 unspecified atom stereocenters. The number of nitrogens with one attached hydrogen (secondary N) is 1. The van der Waals surface area contributed by atoms with Crippen molar-refractivity contribution in [3.63, 3.8) is 0 Å². The van der Waals surface area contributed by atoms with Crippen LogP contribution >= 0.6 is 0 Å². The van der Waals surface area contributed by atoms with Crippen LogP contribution in [0.25, 0.3) is 0 Å². The van der Waals surface area contributed by atoms with Gasteiger partial charge >= 0.3 is 0 Å². The second-order valence-corrected chi connectivity index (χ2v) is 3.86. The van der Waals surface area contributed by atoms with Gasteiger partial charge < -0.3 is 15.5 Å². The molecule has 0 bridgehead atoms. The molecule has 2 atom stereocenters. The van der Waals surface area contributed by atoms with Gasteiger partial charge in [-0.25, -0.2) is 0 Å². The lowest BCUT2D eigenvalue weighted by atomic mass is 10.1. The van der Waals surface area contributed by atoms with E-state index in [1.54, 1.807) is 6.92 Å². The van der Waals surface area contributed by atoms with Gasteiger partial charge in [0.2, 0.25) is 0 Å². The molecule has 1 rings (SSSR count). The molecule has 0 radical (unpaired) electrons. The molecule has 17 heavy (non-hydrogen) atoms. The van der Waals surface area contributed by atoms with Crippen molar-refractivity contribution in [2.45, 2.75) is 19.1 Å². The summed E-state index contributed by atoms with van der Waals surface area (Å²) in [4.78, 5) is 9.96. The lowest BCUT2D eigenvalue weighted by Crippen LogP contribution is -2.32. The molecule has 0 aliphatic heterocycles. The fourth-order valence-electron chi connectivity index (χ4n) is 1.31. The SMILES string of the molecule is CC(CO)NCC(O)c1ccc([N+](=O)[O-])cc1. The van der Waals surface area contributed by atoms with Crippen LogP contribution in [0.5, 0.6) is 0 Å². The highest BCUT2D eigenvalue weighted by Gasteiger charge is 2.11. The summed E-state index contributed by atoms with van der Waals surface area (Å²) in [5.41, 5.74) is 0.603. The highest BCUT2D eigenvalue weighted by Crippen LogP contribution is 2.17. The Kier molecular flexibility index (Phi) is 5.02. The average molecular weight is 240 g/mol. The normalized spacial score (nSPS) is 14.3. The second-order valence-electron chi connectivity index (χ2n) is 3.86. The lowest BCUT2D eigenvalue weighted by Gasteiger charge is -2.15. The van der Waals surface area contributed by atoms with Gasteiger partial charge in [0.15, 0.2) is 0 Å². The van der Waals surface area contributed by atoms with Gasteiger partial charge in [-0.2, -0.15) is 0 Å². The van der Waals surface area contributed by atoms with Gasteiger partial charge in [0.1, 0.15) is 0 Å². The van der Waals surface area contributed by atoms with Crippen molar-refractivity contribution in [3.8, 4) is 0 Å². The predicted molar refractivity (Wildman–Crippen MR) is 62.6 cm³/mol. The van der Waals surface area contributed by atoms with Crippen LogP contribution in [-0.4, -0.2) is 34.3 Å². The Hall–Kier alpha value is -1.50. The standard InChI is InChI=1S/C11H16N2O4/c1-8(7-14)12-6-11(15)9-2-4-10(5-3-9)13(16)17/h2-5,8,11-12,14-15H,6-7H2,1H3. The molecule has 0 amide bonds.